The molecular weight excluding hydrogens is 382 g/mol. The number of rotatable bonds is 7. The van der Waals surface area contributed by atoms with Crippen molar-refractivity contribution in [2.45, 2.75) is 19.6 Å². The van der Waals surface area contributed by atoms with Gasteiger partial charge in [-0.05, 0) is 41.0 Å². The fourth-order valence-corrected chi connectivity index (χ4v) is 3.36. The molecule has 0 atom stereocenters. The molecule has 0 amide bonds. The topological polar surface area (TPSA) is 45.8 Å². The van der Waals surface area contributed by atoms with Gasteiger partial charge in [-0.15, -0.1) is 0 Å². The Hall–Kier alpha value is -3.09. The summed E-state index contributed by atoms with van der Waals surface area (Å²) >= 11 is 5.54. The molecule has 148 valence electrons. The molecule has 0 saturated carbocycles. The van der Waals surface area contributed by atoms with E-state index in [0.717, 1.165) is 30.2 Å². The molecule has 5 nitrogen and oxygen atoms in total. The molecule has 0 aliphatic carbocycles. The van der Waals surface area contributed by atoms with Gasteiger partial charge in [0.25, 0.3) is 0 Å². The summed E-state index contributed by atoms with van der Waals surface area (Å²) in [5.74, 6) is 1.56. The Morgan fingerprint density at radius 2 is 1.41 bits per heavy atom. The minimum atomic E-state index is 0.278. The van der Waals surface area contributed by atoms with Crippen LogP contribution in [-0.2, 0) is 19.6 Å². The summed E-state index contributed by atoms with van der Waals surface area (Å²) in [5, 5.41) is 5.96. The highest BCUT2D eigenvalue weighted by Crippen LogP contribution is 2.32. The van der Waals surface area contributed by atoms with Crippen molar-refractivity contribution in [3.05, 3.63) is 95.6 Å². The number of hydrogen-bond acceptors (Lipinski definition) is 4. The second kappa shape index (κ2) is 9.41. The first kappa shape index (κ1) is 19.2. The molecule has 1 heterocycles. The van der Waals surface area contributed by atoms with Crippen molar-refractivity contribution in [2.24, 2.45) is 0 Å². The summed E-state index contributed by atoms with van der Waals surface area (Å²) in [4.78, 5) is 0. The first-order valence-electron chi connectivity index (χ1n) is 9.52. The van der Waals surface area contributed by atoms with Crippen molar-refractivity contribution in [1.82, 2.24) is 15.8 Å². The summed E-state index contributed by atoms with van der Waals surface area (Å²) in [7, 11) is 0. The van der Waals surface area contributed by atoms with E-state index in [1.807, 2.05) is 54.6 Å². The van der Waals surface area contributed by atoms with Crippen LogP contribution < -0.4 is 20.2 Å². The zero-order chi connectivity index (χ0) is 19.9. The van der Waals surface area contributed by atoms with Crippen LogP contribution in [0, 0.1) is 0 Å². The summed E-state index contributed by atoms with van der Waals surface area (Å²) in [5.41, 5.74) is 6.85. The smallest absolute Gasteiger partial charge is 0.231 e. The molecule has 0 bridgehead atoms. The van der Waals surface area contributed by atoms with Crippen LogP contribution in [0.3, 0.4) is 0 Å². The number of ether oxygens (including phenoxy) is 2. The summed E-state index contributed by atoms with van der Waals surface area (Å²) in [6.07, 6.45) is 0. The van der Waals surface area contributed by atoms with Crippen LogP contribution in [0.15, 0.2) is 78.9 Å². The van der Waals surface area contributed by atoms with Gasteiger partial charge in [-0.1, -0.05) is 66.7 Å². The van der Waals surface area contributed by atoms with Gasteiger partial charge in [-0.2, -0.15) is 0 Å². The number of thiocarbonyl (C=S) groups is 1. The lowest BCUT2D eigenvalue weighted by atomic mass is 10.2. The maximum absolute atomic E-state index is 5.54. The highest BCUT2D eigenvalue weighted by atomic mass is 32.1. The minimum absolute atomic E-state index is 0.278. The van der Waals surface area contributed by atoms with E-state index in [2.05, 4.69) is 40.0 Å². The molecule has 3 aromatic carbocycles. The lowest BCUT2D eigenvalue weighted by Gasteiger charge is -2.25. The second-order valence-corrected chi connectivity index (χ2v) is 7.22. The van der Waals surface area contributed by atoms with E-state index in [1.165, 1.54) is 11.1 Å². The Balaban J connectivity index is 1.37. The van der Waals surface area contributed by atoms with Gasteiger partial charge in [0.15, 0.2) is 16.6 Å². The van der Waals surface area contributed by atoms with E-state index < -0.39 is 0 Å². The number of nitrogens with one attached hydrogen (secondary N) is 2. The Kier molecular flexibility index (Phi) is 6.24. The van der Waals surface area contributed by atoms with Crippen LogP contribution in [0.5, 0.6) is 11.5 Å². The van der Waals surface area contributed by atoms with E-state index in [0.29, 0.717) is 11.7 Å². The molecule has 0 unspecified atom stereocenters. The zero-order valence-corrected chi connectivity index (χ0v) is 16.8. The normalized spacial score (nSPS) is 12.0. The van der Waals surface area contributed by atoms with Crippen LogP contribution in [-0.4, -0.2) is 16.9 Å². The van der Waals surface area contributed by atoms with Crippen molar-refractivity contribution in [3.8, 4) is 11.5 Å². The third-order valence-electron chi connectivity index (χ3n) is 4.58. The molecule has 0 spiro atoms. The van der Waals surface area contributed by atoms with Crippen LogP contribution in [0.25, 0.3) is 0 Å². The maximum atomic E-state index is 5.54. The van der Waals surface area contributed by atoms with Gasteiger partial charge in [0.1, 0.15) is 0 Å². The molecular formula is C23H23N3O2S. The van der Waals surface area contributed by atoms with Crippen LogP contribution in [0.4, 0.5) is 0 Å². The Morgan fingerprint density at radius 3 is 2.07 bits per heavy atom. The molecule has 3 aromatic rings. The fraction of sp³-hybridized carbons (Fsp3) is 0.174. The first-order chi connectivity index (χ1) is 14.3. The van der Waals surface area contributed by atoms with E-state index in [-0.39, 0.29) is 6.79 Å². The zero-order valence-electron chi connectivity index (χ0n) is 16.0. The molecule has 0 saturated heterocycles. The van der Waals surface area contributed by atoms with Gasteiger partial charge < -0.3 is 14.8 Å². The first-order valence-corrected chi connectivity index (χ1v) is 9.93. The van der Waals surface area contributed by atoms with Crippen molar-refractivity contribution >= 4 is 17.3 Å². The molecule has 29 heavy (non-hydrogen) atoms. The van der Waals surface area contributed by atoms with Crippen molar-refractivity contribution in [1.29, 1.82) is 0 Å². The summed E-state index contributed by atoms with van der Waals surface area (Å²) < 4.78 is 10.8. The predicted molar refractivity (Wildman–Crippen MR) is 117 cm³/mol. The highest BCUT2D eigenvalue weighted by Gasteiger charge is 2.13. The molecule has 0 aromatic heterocycles. The van der Waals surface area contributed by atoms with Gasteiger partial charge in [0.05, 0.1) is 0 Å². The average molecular weight is 406 g/mol. The van der Waals surface area contributed by atoms with Crippen molar-refractivity contribution in [2.75, 3.05) is 6.79 Å². The molecule has 1 aliphatic rings. The SMILES string of the molecule is S=C(NCc1ccc2c(c1)OCO2)NN(Cc1ccccc1)Cc1ccccc1. The Morgan fingerprint density at radius 1 is 0.793 bits per heavy atom. The van der Waals surface area contributed by atoms with Gasteiger partial charge >= 0.3 is 0 Å². The monoisotopic (exact) mass is 405 g/mol. The average Bonchev–Trinajstić information content (AvgIpc) is 3.22. The molecule has 0 radical (unpaired) electrons. The standard InChI is InChI=1S/C23H23N3O2S/c29-23(24-14-20-11-12-21-22(13-20)28-17-27-21)25-26(15-18-7-3-1-4-8-18)16-19-9-5-2-6-10-19/h1-13H,14-17H2,(H2,24,25,29). The van der Waals surface area contributed by atoms with Crippen LogP contribution >= 0.6 is 12.2 Å². The van der Waals surface area contributed by atoms with Gasteiger partial charge in [-0.3, -0.25) is 5.43 Å². The molecule has 2 N–H and O–H groups in total. The minimum Gasteiger partial charge on any atom is -0.454 e. The largest absolute Gasteiger partial charge is 0.454 e. The third kappa shape index (κ3) is 5.47. The van der Waals surface area contributed by atoms with E-state index in [9.17, 15) is 0 Å². The van der Waals surface area contributed by atoms with Gasteiger partial charge in [0.2, 0.25) is 6.79 Å². The van der Waals surface area contributed by atoms with Gasteiger partial charge in [0, 0.05) is 19.6 Å². The van der Waals surface area contributed by atoms with Crippen molar-refractivity contribution in [3.63, 3.8) is 0 Å². The predicted octanol–water partition coefficient (Wildman–Crippen LogP) is 4.00. The van der Waals surface area contributed by atoms with E-state index >= 15 is 0 Å². The quantitative estimate of drug-likeness (QED) is 0.458. The number of hydrazine groups is 1. The molecule has 0 fully saturated rings. The maximum Gasteiger partial charge on any atom is 0.231 e. The number of nitrogens with zero attached hydrogens (tertiary/aromatic N) is 1. The molecule has 4 rings (SSSR count). The number of fused-ring (bicyclic) bond motifs is 1. The molecule has 6 heteroatoms. The van der Waals surface area contributed by atoms with E-state index in [1.54, 1.807) is 0 Å². The lowest BCUT2D eigenvalue weighted by Crippen LogP contribution is -2.46. The Bertz CT molecular complexity index is 909. The van der Waals surface area contributed by atoms with Crippen molar-refractivity contribution < 1.29 is 9.47 Å². The Labute approximate surface area is 176 Å². The van der Waals surface area contributed by atoms with Crippen LogP contribution in [0.2, 0.25) is 0 Å². The number of benzene rings is 3. The summed E-state index contributed by atoms with van der Waals surface area (Å²) in [6.45, 7) is 2.36. The third-order valence-corrected chi connectivity index (χ3v) is 4.82. The van der Waals surface area contributed by atoms with Crippen LogP contribution in [0.1, 0.15) is 16.7 Å². The number of hydrogen-bond donors (Lipinski definition) is 2. The van der Waals surface area contributed by atoms with E-state index in [4.69, 9.17) is 21.7 Å². The molecule has 1 aliphatic heterocycles. The lowest BCUT2D eigenvalue weighted by molar-refractivity contribution is 0.174. The highest BCUT2D eigenvalue weighted by molar-refractivity contribution is 7.80. The second-order valence-electron chi connectivity index (χ2n) is 6.81. The summed E-state index contributed by atoms with van der Waals surface area (Å²) in [6, 6.07) is 26.6. The van der Waals surface area contributed by atoms with Gasteiger partial charge in [-0.25, -0.2) is 5.01 Å². The fourth-order valence-electron chi connectivity index (χ4n) is 3.16.